The van der Waals surface area contributed by atoms with Crippen molar-refractivity contribution in [1.82, 2.24) is 14.9 Å². The van der Waals surface area contributed by atoms with Crippen LogP contribution in [0.3, 0.4) is 0 Å². The zero-order valence-electron chi connectivity index (χ0n) is 13.1. The Kier molecular flexibility index (Phi) is 4.01. The Bertz CT molecular complexity index is 764. The van der Waals surface area contributed by atoms with E-state index >= 15 is 0 Å². The SMILES string of the molecule is CC1(C)CN=C(N2CCN(c3ncnc4sc(Br)cc34)CC2)S1. The molecule has 2 aliphatic heterocycles. The molecule has 0 aliphatic carbocycles. The molecule has 0 unspecified atom stereocenters. The first kappa shape index (κ1) is 15.7. The summed E-state index contributed by atoms with van der Waals surface area (Å²) in [6, 6.07) is 2.13. The third-order valence-corrected chi connectivity index (χ3v) is 6.89. The summed E-state index contributed by atoms with van der Waals surface area (Å²) >= 11 is 7.11. The monoisotopic (exact) mass is 411 g/mol. The molecular weight excluding hydrogens is 394 g/mol. The van der Waals surface area contributed by atoms with Gasteiger partial charge in [-0.25, -0.2) is 9.97 Å². The summed E-state index contributed by atoms with van der Waals surface area (Å²) in [6.45, 7) is 9.38. The highest BCUT2D eigenvalue weighted by atomic mass is 79.9. The Morgan fingerprint density at radius 2 is 1.87 bits per heavy atom. The molecule has 1 saturated heterocycles. The lowest BCUT2D eigenvalue weighted by Gasteiger charge is -2.36. The van der Waals surface area contributed by atoms with Crippen molar-refractivity contribution < 1.29 is 0 Å². The van der Waals surface area contributed by atoms with E-state index in [2.05, 4.69) is 55.6 Å². The van der Waals surface area contributed by atoms with E-state index in [0.29, 0.717) is 0 Å². The number of halogens is 1. The second-order valence-electron chi connectivity index (χ2n) is 6.40. The first-order valence-corrected chi connectivity index (χ1v) is 10.1. The molecule has 4 rings (SSSR count). The Labute approximate surface area is 152 Å². The molecule has 0 atom stereocenters. The number of hydrogen-bond acceptors (Lipinski definition) is 7. The van der Waals surface area contributed by atoms with Crippen LogP contribution >= 0.6 is 39.0 Å². The van der Waals surface area contributed by atoms with Crippen LogP contribution in [0.25, 0.3) is 10.2 Å². The fourth-order valence-electron chi connectivity index (χ4n) is 2.91. The molecule has 1 fully saturated rings. The third kappa shape index (κ3) is 3.08. The highest BCUT2D eigenvalue weighted by Crippen LogP contribution is 2.35. The van der Waals surface area contributed by atoms with Crippen LogP contribution in [0.1, 0.15) is 13.8 Å². The van der Waals surface area contributed by atoms with E-state index in [4.69, 9.17) is 4.99 Å². The van der Waals surface area contributed by atoms with E-state index < -0.39 is 0 Å². The molecule has 4 heterocycles. The summed E-state index contributed by atoms with van der Waals surface area (Å²) in [4.78, 5) is 19.4. The lowest BCUT2D eigenvalue weighted by atomic mass is 10.2. The van der Waals surface area contributed by atoms with E-state index in [1.54, 1.807) is 17.7 Å². The van der Waals surface area contributed by atoms with Gasteiger partial charge in [-0.05, 0) is 35.8 Å². The van der Waals surface area contributed by atoms with E-state index in [1.165, 1.54) is 5.17 Å². The summed E-state index contributed by atoms with van der Waals surface area (Å²) < 4.78 is 1.35. The van der Waals surface area contributed by atoms with E-state index in [-0.39, 0.29) is 4.75 Å². The van der Waals surface area contributed by atoms with Gasteiger partial charge in [-0.2, -0.15) is 0 Å². The van der Waals surface area contributed by atoms with Crippen LogP contribution in [0.4, 0.5) is 5.82 Å². The number of fused-ring (bicyclic) bond motifs is 1. The van der Waals surface area contributed by atoms with Gasteiger partial charge in [-0.3, -0.25) is 4.99 Å². The van der Waals surface area contributed by atoms with Gasteiger partial charge in [-0.1, -0.05) is 11.8 Å². The zero-order chi connectivity index (χ0) is 16.0. The Hall–Kier alpha value is -0.860. The average Bonchev–Trinajstić information content (AvgIpc) is 3.08. The van der Waals surface area contributed by atoms with Crippen molar-refractivity contribution in [3.8, 4) is 0 Å². The average molecular weight is 412 g/mol. The van der Waals surface area contributed by atoms with E-state index in [9.17, 15) is 0 Å². The van der Waals surface area contributed by atoms with Crippen LogP contribution in [-0.2, 0) is 0 Å². The van der Waals surface area contributed by atoms with Crippen LogP contribution < -0.4 is 4.90 Å². The van der Waals surface area contributed by atoms with Gasteiger partial charge in [0.25, 0.3) is 0 Å². The highest BCUT2D eigenvalue weighted by Gasteiger charge is 2.32. The van der Waals surface area contributed by atoms with Crippen LogP contribution in [0.5, 0.6) is 0 Å². The van der Waals surface area contributed by atoms with Crippen molar-refractivity contribution in [2.45, 2.75) is 18.6 Å². The molecule has 23 heavy (non-hydrogen) atoms. The van der Waals surface area contributed by atoms with Crippen molar-refractivity contribution in [2.24, 2.45) is 4.99 Å². The molecule has 0 saturated carbocycles. The third-order valence-electron chi connectivity index (χ3n) is 4.09. The van der Waals surface area contributed by atoms with Gasteiger partial charge in [0.2, 0.25) is 0 Å². The van der Waals surface area contributed by atoms with Gasteiger partial charge in [-0.15, -0.1) is 11.3 Å². The number of nitrogens with zero attached hydrogens (tertiary/aromatic N) is 5. The standard InChI is InChI=1S/C15H18BrN5S2/c1-15(2)8-17-14(23-15)21-5-3-20(4-6-21)12-10-7-11(16)22-13(10)19-9-18-12/h7,9H,3-6,8H2,1-2H3. The normalized spacial score (nSPS) is 21.1. The second kappa shape index (κ2) is 5.89. The molecule has 2 aromatic heterocycles. The number of anilines is 1. The number of thioether (sulfide) groups is 1. The minimum atomic E-state index is 0.244. The van der Waals surface area contributed by atoms with E-state index in [1.807, 2.05) is 11.8 Å². The lowest BCUT2D eigenvalue weighted by molar-refractivity contribution is 0.391. The van der Waals surface area contributed by atoms with Gasteiger partial charge in [0, 0.05) is 30.9 Å². The largest absolute Gasteiger partial charge is 0.352 e. The number of thiophene rings is 1. The minimum absolute atomic E-state index is 0.244. The molecule has 0 N–H and O–H groups in total. The fraction of sp³-hybridized carbons (Fsp3) is 0.533. The first-order valence-electron chi connectivity index (χ1n) is 7.65. The van der Waals surface area contributed by atoms with Crippen LogP contribution in [0.15, 0.2) is 21.2 Å². The molecule has 2 aromatic rings. The maximum Gasteiger partial charge on any atom is 0.159 e. The zero-order valence-corrected chi connectivity index (χ0v) is 16.3. The molecule has 0 bridgehead atoms. The maximum absolute atomic E-state index is 4.72. The van der Waals surface area contributed by atoms with Crippen LogP contribution in [0, 0.1) is 0 Å². The fourth-order valence-corrected chi connectivity index (χ4v) is 5.38. The Balaban J connectivity index is 1.49. The molecule has 122 valence electrons. The van der Waals surface area contributed by atoms with Crippen LogP contribution in [0.2, 0.25) is 0 Å². The lowest BCUT2D eigenvalue weighted by Crippen LogP contribution is -2.48. The highest BCUT2D eigenvalue weighted by molar-refractivity contribution is 9.11. The summed E-state index contributed by atoms with van der Waals surface area (Å²) in [5, 5.41) is 2.35. The predicted molar refractivity (Wildman–Crippen MR) is 103 cm³/mol. The van der Waals surface area contributed by atoms with Crippen molar-refractivity contribution in [1.29, 1.82) is 0 Å². The van der Waals surface area contributed by atoms with Gasteiger partial charge in [0.15, 0.2) is 5.17 Å². The number of aliphatic imine (C=N–C) groups is 1. The molecular formula is C15H18BrN5S2. The quantitative estimate of drug-likeness (QED) is 0.718. The first-order chi connectivity index (χ1) is 11.0. The van der Waals surface area contributed by atoms with Crippen LogP contribution in [-0.4, -0.2) is 57.5 Å². The Morgan fingerprint density at radius 3 is 2.57 bits per heavy atom. The summed E-state index contributed by atoms with van der Waals surface area (Å²) in [5.74, 6) is 1.05. The molecule has 0 amide bonds. The Morgan fingerprint density at radius 1 is 1.13 bits per heavy atom. The number of aromatic nitrogens is 2. The number of amidine groups is 1. The number of hydrogen-bond donors (Lipinski definition) is 0. The number of piperazine rings is 1. The van der Waals surface area contributed by atoms with Gasteiger partial charge < -0.3 is 9.80 Å². The van der Waals surface area contributed by atoms with E-state index in [0.717, 1.165) is 52.5 Å². The van der Waals surface area contributed by atoms with Crippen molar-refractivity contribution >= 4 is 60.2 Å². The van der Waals surface area contributed by atoms with Crippen molar-refractivity contribution in [3.05, 3.63) is 16.2 Å². The topological polar surface area (TPSA) is 44.6 Å². The van der Waals surface area contributed by atoms with Crippen molar-refractivity contribution in [2.75, 3.05) is 37.6 Å². The summed E-state index contributed by atoms with van der Waals surface area (Å²) in [7, 11) is 0. The second-order valence-corrected chi connectivity index (χ2v) is 10.5. The molecule has 0 aromatic carbocycles. The summed E-state index contributed by atoms with van der Waals surface area (Å²) in [5.41, 5.74) is 0. The van der Waals surface area contributed by atoms with Gasteiger partial charge >= 0.3 is 0 Å². The molecule has 5 nitrogen and oxygen atoms in total. The minimum Gasteiger partial charge on any atom is -0.352 e. The molecule has 0 radical (unpaired) electrons. The number of rotatable bonds is 1. The molecule has 0 spiro atoms. The maximum atomic E-state index is 4.72. The van der Waals surface area contributed by atoms with Crippen molar-refractivity contribution in [3.63, 3.8) is 0 Å². The molecule has 8 heteroatoms. The predicted octanol–water partition coefficient (Wildman–Crippen LogP) is 3.46. The summed E-state index contributed by atoms with van der Waals surface area (Å²) in [6.07, 6.45) is 1.67. The smallest absolute Gasteiger partial charge is 0.159 e. The molecule has 2 aliphatic rings. The van der Waals surface area contributed by atoms with Gasteiger partial charge in [0.1, 0.15) is 17.0 Å². The van der Waals surface area contributed by atoms with Gasteiger partial charge in [0.05, 0.1) is 15.7 Å².